The molecule has 3 aromatic rings. The number of carbonyl (C=O) groups is 1. The predicted octanol–water partition coefficient (Wildman–Crippen LogP) is 4.49. The molecule has 0 radical (unpaired) electrons. The summed E-state index contributed by atoms with van der Waals surface area (Å²) in [6, 6.07) is 19.0. The smallest absolute Gasteiger partial charge is 0.186 e. The molecule has 0 atom stereocenters. The van der Waals surface area contributed by atoms with Crippen LogP contribution in [0.5, 0.6) is 0 Å². The molecule has 0 N–H and O–H groups in total. The van der Waals surface area contributed by atoms with Crippen molar-refractivity contribution in [2.24, 2.45) is 0 Å². The number of allylic oxidation sites excluding steroid dienone is 1. The van der Waals surface area contributed by atoms with Crippen molar-refractivity contribution in [2.75, 3.05) is 0 Å². The lowest BCUT2D eigenvalue weighted by Gasteiger charge is -1.99. The van der Waals surface area contributed by atoms with Crippen LogP contribution in [0.15, 0.2) is 79.1 Å². The molecule has 1 heterocycles. The van der Waals surface area contributed by atoms with Gasteiger partial charge in [-0.25, -0.2) is 4.68 Å². The van der Waals surface area contributed by atoms with E-state index in [1.54, 1.807) is 29.1 Å². The first-order chi connectivity index (χ1) is 10.7. The van der Waals surface area contributed by atoms with Gasteiger partial charge in [0.15, 0.2) is 5.78 Å². The highest BCUT2D eigenvalue weighted by Gasteiger charge is 2.07. The van der Waals surface area contributed by atoms with Crippen molar-refractivity contribution in [3.8, 4) is 5.69 Å². The zero-order valence-corrected chi connectivity index (χ0v) is 13.3. The fourth-order valence-electron chi connectivity index (χ4n) is 2.05. The molecule has 3 nitrogen and oxygen atoms in total. The average molecular weight is 353 g/mol. The number of rotatable bonds is 4. The first-order valence-corrected chi connectivity index (χ1v) is 7.60. The van der Waals surface area contributed by atoms with Gasteiger partial charge in [-0.2, -0.15) is 5.10 Å². The number of carbonyl (C=O) groups excluding carboxylic acids is 1. The molecule has 108 valence electrons. The minimum atomic E-state index is -0.0417. The number of hydrogen-bond acceptors (Lipinski definition) is 2. The largest absolute Gasteiger partial charge is 0.289 e. The summed E-state index contributed by atoms with van der Waals surface area (Å²) in [5, 5.41) is 4.32. The van der Waals surface area contributed by atoms with E-state index in [0.717, 1.165) is 11.3 Å². The van der Waals surface area contributed by atoms with E-state index in [0.29, 0.717) is 10.0 Å². The van der Waals surface area contributed by atoms with Gasteiger partial charge in [0, 0.05) is 27.9 Å². The second-order valence-corrected chi connectivity index (χ2v) is 5.59. The van der Waals surface area contributed by atoms with Crippen molar-refractivity contribution in [3.63, 3.8) is 0 Å². The summed E-state index contributed by atoms with van der Waals surface area (Å²) in [5.41, 5.74) is 2.49. The van der Waals surface area contributed by atoms with E-state index < -0.39 is 0 Å². The Bertz CT molecular complexity index is 807. The molecule has 0 spiro atoms. The zero-order valence-electron chi connectivity index (χ0n) is 11.7. The molecule has 0 amide bonds. The van der Waals surface area contributed by atoms with Gasteiger partial charge in [0.05, 0.1) is 11.9 Å². The summed E-state index contributed by atoms with van der Waals surface area (Å²) in [6.45, 7) is 0. The highest BCUT2D eigenvalue weighted by Crippen LogP contribution is 2.22. The third kappa shape index (κ3) is 3.23. The molecule has 0 bridgehead atoms. The minimum absolute atomic E-state index is 0.0417. The van der Waals surface area contributed by atoms with Crippen LogP contribution in [0.2, 0.25) is 0 Å². The summed E-state index contributed by atoms with van der Waals surface area (Å²) in [7, 11) is 0. The van der Waals surface area contributed by atoms with Gasteiger partial charge in [-0.3, -0.25) is 4.79 Å². The maximum atomic E-state index is 12.2. The number of halogens is 1. The number of aromatic nitrogens is 2. The van der Waals surface area contributed by atoms with Crippen molar-refractivity contribution in [1.29, 1.82) is 0 Å². The average Bonchev–Trinajstić information content (AvgIpc) is 3.06. The first-order valence-electron chi connectivity index (χ1n) is 6.81. The monoisotopic (exact) mass is 352 g/mol. The van der Waals surface area contributed by atoms with Crippen LogP contribution < -0.4 is 0 Å². The van der Waals surface area contributed by atoms with Crippen LogP contribution in [0, 0.1) is 0 Å². The van der Waals surface area contributed by atoms with E-state index in [2.05, 4.69) is 21.0 Å². The highest BCUT2D eigenvalue weighted by atomic mass is 79.9. The highest BCUT2D eigenvalue weighted by molar-refractivity contribution is 9.15. The van der Waals surface area contributed by atoms with Crippen molar-refractivity contribution in [3.05, 3.63) is 90.3 Å². The summed E-state index contributed by atoms with van der Waals surface area (Å²) in [4.78, 5) is 12.2. The summed E-state index contributed by atoms with van der Waals surface area (Å²) < 4.78 is 2.49. The Balaban J connectivity index is 1.84. The van der Waals surface area contributed by atoms with Gasteiger partial charge in [-0.1, -0.05) is 48.5 Å². The Hall–Kier alpha value is -2.46. The number of nitrogens with zero attached hydrogens (tertiary/aromatic N) is 2. The maximum absolute atomic E-state index is 12.2. The van der Waals surface area contributed by atoms with Gasteiger partial charge < -0.3 is 0 Å². The Morgan fingerprint density at radius 3 is 2.27 bits per heavy atom. The molecule has 3 rings (SSSR count). The number of benzene rings is 2. The maximum Gasteiger partial charge on any atom is 0.186 e. The fourth-order valence-corrected chi connectivity index (χ4v) is 2.46. The van der Waals surface area contributed by atoms with E-state index in [-0.39, 0.29) is 5.78 Å². The molecule has 0 saturated heterocycles. The van der Waals surface area contributed by atoms with Gasteiger partial charge in [0.2, 0.25) is 0 Å². The van der Waals surface area contributed by atoms with Crippen LogP contribution in [0.25, 0.3) is 10.2 Å². The van der Waals surface area contributed by atoms with Crippen LogP contribution in [0.4, 0.5) is 0 Å². The zero-order chi connectivity index (χ0) is 15.4. The third-order valence-electron chi connectivity index (χ3n) is 3.20. The van der Waals surface area contributed by atoms with E-state index >= 15 is 0 Å². The van der Waals surface area contributed by atoms with Gasteiger partial charge in [-0.05, 0) is 28.1 Å². The van der Waals surface area contributed by atoms with Crippen molar-refractivity contribution in [1.82, 2.24) is 9.78 Å². The normalized spacial score (nSPS) is 11.4. The summed E-state index contributed by atoms with van der Waals surface area (Å²) >= 11 is 3.46. The third-order valence-corrected chi connectivity index (χ3v) is 3.88. The molecule has 0 aliphatic carbocycles. The number of ketones is 1. The molecular formula is C18H13BrN2O. The van der Waals surface area contributed by atoms with Gasteiger partial charge in [0.25, 0.3) is 0 Å². The van der Waals surface area contributed by atoms with Crippen molar-refractivity contribution < 1.29 is 4.79 Å². The Morgan fingerprint density at radius 2 is 1.59 bits per heavy atom. The molecule has 0 unspecified atom stereocenters. The van der Waals surface area contributed by atoms with Crippen LogP contribution in [-0.2, 0) is 0 Å². The molecule has 22 heavy (non-hydrogen) atoms. The Labute approximate surface area is 137 Å². The predicted molar refractivity (Wildman–Crippen MR) is 91.2 cm³/mol. The molecular weight excluding hydrogens is 340 g/mol. The Morgan fingerprint density at radius 1 is 0.955 bits per heavy atom. The second-order valence-electron chi connectivity index (χ2n) is 4.73. The van der Waals surface area contributed by atoms with Crippen LogP contribution in [-0.4, -0.2) is 15.6 Å². The van der Waals surface area contributed by atoms with Crippen LogP contribution in [0.1, 0.15) is 15.9 Å². The molecule has 1 aromatic heterocycles. The minimum Gasteiger partial charge on any atom is -0.289 e. The summed E-state index contributed by atoms with van der Waals surface area (Å²) in [6.07, 6.45) is 5.18. The van der Waals surface area contributed by atoms with Gasteiger partial charge >= 0.3 is 0 Å². The SMILES string of the molecule is O=C(/C=C(/Br)c1cnn(-c2ccccc2)c1)c1ccccc1. The molecule has 0 aliphatic rings. The molecule has 0 fully saturated rings. The molecule has 0 saturated carbocycles. The number of para-hydroxylation sites is 1. The van der Waals surface area contributed by atoms with Crippen LogP contribution >= 0.6 is 15.9 Å². The molecule has 2 aromatic carbocycles. The topological polar surface area (TPSA) is 34.9 Å². The lowest BCUT2D eigenvalue weighted by molar-refractivity contribution is 0.104. The standard InChI is InChI=1S/C18H13BrN2O/c19-17(11-18(22)14-7-3-1-4-8-14)15-12-20-21(13-15)16-9-5-2-6-10-16/h1-13H/b17-11+. The number of hydrogen-bond donors (Lipinski definition) is 0. The van der Waals surface area contributed by atoms with Gasteiger partial charge in [-0.15, -0.1) is 0 Å². The lowest BCUT2D eigenvalue weighted by Crippen LogP contribution is -1.94. The molecule has 0 aliphatic heterocycles. The first kappa shape index (κ1) is 14.5. The lowest BCUT2D eigenvalue weighted by atomic mass is 10.1. The second kappa shape index (κ2) is 6.54. The quantitative estimate of drug-likeness (QED) is 0.512. The van der Waals surface area contributed by atoms with Crippen molar-refractivity contribution in [2.45, 2.75) is 0 Å². The van der Waals surface area contributed by atoms with E-state index in [1.807, 2.05) is 54.7 Å². The molecule has 4 heteroatoms. The van der Waals surface area contributed by atoms with Gasteiger partial charge in [0.1, 0.15) is 0 Å². The van der Waals surface area contributed by atoms with E-state index in [9.17, 15) is 4.79 Å². The van der Waals surface area contributed by atoms with E-state index in [4.69, 9.17) is 0 Å². The van der Waals surface area contributed by atoms with E-state index in [1.165, 1.54) is 0 Å². The van der Waals surface area contributed by atoms with Crippen LogP contribution in [0.3, 0.4) is 0 Å². The fraction of sp³-hybridized carbons (Fsp3) is 0. The summed E-state index contributed by atoms with van der Waals surface area (Å²) in [5.74, 6) is -0.0417. The van der Waals surface area contributed by atoms with Crippen molar-refractivity contribution >= 4 is 26.2 Å². The Kier molecular flexibility index (Phi) is 4.30.